The van der Waals surface area contributed by atoms with E-state index < -0.39 is 0 Å². The van der Waals surface area contributed by atoms with Crippen LogP contribution in [0, 0.1) is 11.8 Å². The fourth-order valence-electron chi connectivity index (χ4n) is 1.92. The molecule has 0 fully saturated rings. The van der Waals surface area contributed by atoms with Crippen LogP contribution in [0.4, 0.5) is 0 Å². The van der Waals surface area contributed by atoms with E-state index in [1.54, 1.807) is 37.4 Å². The summed E-state index contributed by atoms with van der Waals surface area (Å²) in [7, 11) is 3.06. The molecule has 0 saturated carbocycles. The molecule has 0 unspecified atom stereocenters. The third-order valence-corrected chi connectivity index (χ3v) is 3.28. The maximum Gasteiger partial charge on any atom is 0.255 e. The predicted molar refractivity (Wildman–Crippen MR) is 90.2 cm³/mol. The number of carbonyl (C=O) groups is 1. The zero-order chi connectivity index (χ0) is 16.7. The molecular weight excluding hydrogens is 314 g/mol. The lowest BCUT2D eigenvalue weighted by Crippen LogP contribution is -2.24. The molecule has 1 N–H and O–H groups in total. The van der Waals surface area contributed by atoms with Gasteiger partial charge in [0.05, 0.1) is 26.3 Å². The molecular formula is C18H16ClNO3. The molecule has 5 heteroatoms. The van der Waals surface area contributed by atoms with Crippen molar-refractivity contribution in [1.82, 2.24) is 5.32 Å². The van der Waals surface area contributed by atoms with Gasteiger partial charge in [-0.15, -0.1) is 0 Å². The number of nitrogens with one attached hydrogen (secondary N) is 1. The number of amides is 1. The molecule has 1 amide bonds. The van der Waals surface area contributed by atoms with Crippen molar-refractivity contribution in [2.75, 3.05) is 20.8 Å². The van der Waals surface area contributed by atoms with E-state index in [-0.39, 0.29) is 12.5 Å². The zero-order valence-electron chi connectivity index (χ0n) is 12.9. The van der Waals surface area contributed by atoms with Crippen molar-refractivity contribution < 1.29 is 14.3 Å². The van der Waals surface area contributed by atoms with Gasteiger partial charge in [0.2, 0.25) is 0 Å². The van der Waals surface area contributed by atoms with Crippen molar-refractivity contribution in [3.05, 3.63) is 58.6 Å². The third kappa shape index (κ3) is 4.67. The first kappa shape index (κ1) is 16.7. The molecule has 0 atom stereocenters. The highest BCUT2D eigenvalue weighted by molar-refractivity contribution is 6.30. The summed E-state index contributed by atoms with van der Waals surface area (Å²) in [5.41, 5.74) is 1.23. The van der Waals surface area contributed by atoms with E-state index in [1.165, 1.54) is 7.11 Å². The predicted octanol–water partition coefficient (Wildman–Crippen LogP) is 3.14. The molecule has 2 aromatic carbocycles. The standard InChI is InChI=1S/C18H16ClNO3/c1-22-15-8-9-16(17(12-15)23-2)18(21)20-10-4-6-13-5-3-7-14(19)11-13/h3,5,7-9,11-12H,10H2,1-2H3,(H,20,21). The van der Waals surface area contributed by atoms with Crippen LogP contribution < -0.4 is 14.8 Å². The molecule has 0 aliphatic rings. The Morgan fingerprint density at radius 2 is 2.00 bits per heavy atom. The Morgan fingerprint density at radius 1 is 1.17 bits per heavy atom. The molecule has 23 heavy (non-hydrogen) atoms. The van der Waals surface area contributed by atoms with Crippen molar-refractivity contribution in [3.63, 3.8) is 0 Å². The number of ether oxygens (including phenoxy) is 2. The minimum Gasteiger partial charge on any atom is -0.497 e. The topological polar surface area (TPSA) is 47.6 Å². The largest absolute Gasteiger partial charge is 0.497 e. The van der Waals surface area contributed by atoms with Gasteiger partial charge in [-0.1, -0.05) is 29.5 Å². The Hall–Kier alpha value is -2.64. The summed E-state index contributed by atoms with van der Waals surface area (Å²) in [5.74, 6) is 6.64. The lowest BCUT2D eigenvalue weighted by Gasteiger charge is -2.09. The van der Waals surface area contributed by atoms with Crippen molar-refractivity contribution in [2.24, 2.45) is 0 Å². The maximum atomic E-state index is 12.2. The molecule has 0 aromatic heterocycles. The lowest BCUT2D eigenvalue weighted by atomic mass is 10.1. The lowest BCUT2D eigenvalue weighted by molar-refractivity contribution is 0.0955. The van der Waals surface area contributed by atoms with Crippen molar-refractivity contribution >= 4 is 17.5 Å². The van der Waals surface area contributed by atoms with E-state index in [0.29, 0.717) is 22.1 Å². The van der Waals surface area contributed by atoms with Crippen LogP contribution in [0.3, 0.4) is 0 Å². The van der Waals surface area contributed by atoms with Crippen LogP contribution in [0.2, 0.25) is 5.02 Å². The first-order valence-electron chi connectivity index (χ1n) is 6.88. The van der Waals surface area contributed by atoms with Crippen molar-refractivity contribution in [1.29, 1.82) is 0 Å². The van der Waals surface area contributed by atoms with E-state index in [9.17, 15) is 4.79 Å². The number of benzene rings is 2. The summed E-state index contributed by atoms with van der Waals surface area (Å²) < 4.78 is 10.3. The molecule has 0 aliphatic heterocycles. The van der Waals surface area contributed by atoms with E-state index in [0.717, 1.165) is 5.56 Å². The van der Waals surface area contributed by atoms with E-state index in [4.69, 9.17) is 21.1 Å². The van der Waals surface area contributed by atoms with E-state index >= 15 is 0 Å². The number of hydrogen-bond acceptors (Lipinski definition) is 3. The highest BCUT2D eigenvalue weighted by Gasteiger charge is 2.12. The fourth-order valence-corrected chi connectivity index (χ4v) is 2.11. The van der Waals surface area contributed by atoms with Gasteiger partial charge in [-0.2, -0.15) is 0 Å². The Labute approximate surface area is 140 Å². The average molecular weight is 330 g/mol. The van der Waals surface area contributed by atoms with Gasteiger partial charge >= 0.3 is 0 Å². The summed E-state index contributed by atoms with van der Waals surface area (Å²) in [5, 5.41) is 3.36. The number of halogens is 1. The van der Waals surface area contributed by atoms with Gasteiger partial charge < -0.3 is 14.8 Å². The van der Waals surface area contributed by atoms with Crippen LogP contribution in [0.15, 0.2) is 42.5 Å². The molecule has 2 rings (SSSR count). The van der Waals surface area contributed by atoms with Gasteiger partial charge in [-0.3, -0.25) is 4.79 Å². The van der Waals surface area contributed by atoms with E-state index in [1.807, 2.05) is 12.1 Å². The van der Waals surface area contributed by atoms with Gasteiger partial charge in [0.15, 0.2) is 0 Å². The van der Waals surface area contributed by atoms with Crippen molar-refractivity contribution in [3.8, 4) is 23.3 Å². The smallest absolute Gasteiger partial charge is 0.255 e. The molecule has 0 bridgehead atoms. The zero-order valence-corrected chi connectivity index (χ0v) is 13.6. The number of carbonyl (C=O) groups excluding carboxylic acids is 1. The van der Waals surface area contributed by atoms with Gasteiger partial charge in [-0.25, -0.2) is 0 Å². The summed E-state index contributed by atoms with van der Waals surface area (Å²) in [4.78, 5) is 12.2. The Bertz CT molecular complexity index is 762. The SMILES string of the molecule is COc1ccc(C(=O)NCC#Cc2cccc(Cl)c2)c(OC)c1. The second kappa shape index (κ2) is 8.11. The minimum absolute atomic E-state index is 0.223. The van der Waals surface area contributed by atoms with E-state index in [2.05, 4.69) is 17.2 Å². The fraction of sp³-hybridized carbons (Fsp3) is 0.167. The normalized spacial score (nSPS) is 9.52. The van der Waals surface area contributed by atoms with Crippen LogP contribution in [-0.4, -0.2) is 26.7 Å². The number of methoxy groups -OCH3 is 2. The van der Waals surface area contributed by atoms with Crippen molar-refractivity contribution in [2.45, 2.75) is 0 Å². The summed E-state index contributed by atoms with van der Waals surface area (Å²) in [6, 6.07) is 12.2. The molecule has 118 valence electrons. The monoisotopic (exact) mass is 329 g/mol. The molecule has 0 spiro atoms. The number of rotatable bonds is 4. The van der Waals surface area contributed by atoms with Crippen LogP contribution in [0.5, 0.6) is 11.5 Å². The van der Waals surface area contributed by atoms with Crippen LogP contribution in [0.25, 0.3) is 0 Å². The summed E-state index contributed by atoms with van der Waals surface area (Å²) >= 11 is 5.88. The molecule has 0 saturated heterocycles. The summed E-state index contributed by atoms with van der Waals surface area (Å²) in [6.07, 6.45) is 0. The highest BCUT2D eigenvalue weighted by atomic mass is 35.5. The Morgan fingerprint density at radius 3 is 2.70 bits per heavy atom. The third-order valence-electron chi connectivity index (χ3n) is 3.05. The highest BCUT2D eigenvalue weighted by Crippen LogP contribution is 2.24. The molecule has 0 radical (unpaired) electrons. The average Bonchev–Trinajstić information content (AvgIpc) is 2.58. The second-order valence-electron chi connectivity index (χ2n) is 4.56. The maximum absolute atomic E-state index is 12.2. The van der Waals surface area contributed by atoms with Crippen LogP contribution in [0.1, 0.15) is 15.9 Å². The second-order valence-corrected chi connectivity index (χ2v) is 5.00. The quantitative estimate of drug-likeness (QED) is 0.877. The molecule has 0 heterocycles. The summed E-state index contributed by atoms with van der Waals surface area (Å²) in [6.45, 7) is 0.223. The Kier molecular flexibility index (Phi) is 5.90. The molecule has 2 aromatic rings. The molecule has 0 aliphatic carbocycles. The number of hydrogen-bond donors (Lipinski definition) is 1. The van der Waals surface area contributed by atoms with Gasteiger partial charge in [-0.05, 0) is 30.3 Å². The first-order valence-corrected chi connectivity index (χ1v) is 7.26. The van der Waals surface area contributed by atoms with Crippen LogP contribution >= 0.6 is 11.6 Å². The van der Waals surface area contributed by atoms with Gasteiger partial charge in [0.25, 0.3) is 5.91 Å². The minimum atomic E-state index is -0.259. The molecule has 4 nitrogen and oxygen atoms in total. The Balaban J connectivity index is 2.00. The van der Waals surface area contributed by atoms with Gasteiger partial charge in [0, 0.05) is 16.7 Å². The van der Waals surface area contributed by atoms with Crippen LogP contribution in [-0.2, 0) is 0 Å². The van der Waals surface area contributed by atoms with Gasteiger partial charge in [0.1, 0.15) is 11.5 Å². The first-order chi connectivity index (χ1) is 11.1.